The van der Waals surface area contributed by atoms with E-state index in [2.05, 4.69) is 5.43 Å². The molecule has 0 unspecified atom stereocenters. The van der Waals surface area contributed by atoms with E-state index in [9.17, 15) is 18.0 Å². The number of carboxylic acids is 1. The van der Waals surface area contributed by atoms with Crippen molar-refractivity contribution >= 4 is 29.5 Å². The molecular formula is C10H10F3N3O2S2. The zero-order valence-corrected chi connectivity index (χ0v) is 11.4. The number of nitrogens with one attached hydrogen (secondary N) is 1. The first-order valence-corrected chi connectivity index (χ1v) is 6.59. The molecule has 1 rings (SSSR count). The molecule has 10 heteroatoms. The molecule has 0 aliphatic rings. The van der Waals surface area contributed by atoms with Crippen LogP contribution in [0.5, 0.6) is 0 Å². The minimum absolute atomic E-state index is 0.00581. The average Bonchev–Trinajstić information content (AvgIpc) is 2.35. The molecule has 0 aliphatic heterocycles. The molecule has 0 aromatic heterocycles. The van der Waals surface area contributed by atoms with Crippen molar-refractivity contribution in [2.75, 3.05) is 0 Å². The maximum Gasteiger partial charge on any atom is 0.446 e. The molecule has 0 amide bonds. The van der Waals surface area contributed by atoms with Crippen LogP contribution < -0.4 is 17.0 Å². The highest BCUT2D eigenvalue weighted by atomic mass is 32.2. The van der Waals surface area contributed by atoms with Crippen molar-refractivity contribution in [1.29, 1.82) is 0 Å². The van der Waals surface area contributed by atoms with E-state index in [0.717, 1.165) is 11.8 Å². The zero-order valence-electron chi connectivity index (χ0n) is 9.77. The lowest BCUT2D eigenvalue weighted by molar-refractivity contribution is -0.132. The van der Waals surface area contributed by atoms with Gasteiger partial charge in [0.15, 0.2) is 0 Å². The number of carboxylic acid groups (broad SMARTS) is 1. The van der Waals surface area contributed by atoms with Gasteiger partial charge in [-0.2, -0.15) is 13.2 Å². The molecule has 20 heavy (non-hydrogen) atoms. The fourth-order valence-electron chi connectivity index (χ4n) is 1.09. The lowest BCUT2D eigenvalue weighted by Crippen LogP contribution is -2.26. The second kappa shape index (κ2) is 6.77. The van der Waals surface area contributed by atoms with Crippen LogP contribution in [0.15, 0.2) is 44.8 Å². The van der Waals surface area contributed by atoms with Gasteiger partial charge in [-0.25, -0.2) is 10.6 Å². The molecule has 1 aromatic rings. The SMILES string of the molecule is NN/C(Sc1ccc(SC(F)(F)F)cc1)=C(\N)C(=O)O. The average molecular weight is 325 g/mol. The molecule has 0 saturated carbocycles. The number of benzene rings is 1. The summed E-state index contributed by atoms with van der Waals surface area (Å²) >= 11 is 0.664. The fraction of sp³-hybridized carbons (Fsp3) is 0.100. The normalized spacial score (nSPS) is 12.8. The molecule has 0 heterocycles. The molecular weight excluding hydrogens is 315 g/mol. The van der Waals surface area contributed by atoms with Crippen LogP contribution in [0, 0.1) is 0 Å². The molecule has 6 N–H and O–H groups in total. The van der Waals surface area contributed by atoms with E-state index in [1.807, 2.05) is 0 Å². The van der Waals surface area contributed by atoms with Crippen molar-refractivity contribution in [1.82, 2.24) is 5.43 Å². The van der Waals surface area contributed by atoms with Crippen LogP contribution in [0.1, 0.15) is 0 Å². The zero-order chi connectivity index (χ0) is 15.3. The van der Waals surface area contributed by atoms with Crippen molar-refractivity contribution in [3.8, 4) is 0 Å². The Balaban J connectivity index is 2.84. The van der Waals surface area contributed by atoms with Gasteiger partial charge in [0.25, 0.3) is 0 Å². The second-order valence-corrected chi connectivity index (χ2v) is 5.54. The molecule has 0 spiro atoms. The minimum atomic E-state index is -4.35. The van der Waals surface area contributed by atoms with Crippen molar-refractivity contribution in [3.05, 3.63) is 35.0 Å². The van der Waals surface area contributed by atoms with E-state index >= 15 is 0 Å². The Morgan fingerprint density at radius 3 is 2.10 bits per heavy atom. The van der Waals surface area contributed by atoms with Crippen LogP contribution in [-0.4, -0.2) is 16.6 Å². The highest BCUT2D eigenvalue weighted by Crippen LogP contribution is 2.37. The van der Waals surface area contributed by atoms with Gasteiger partial charge in [0.2, 0.25) is 0 Å². The van der Waals surface area contributed by atoms with E-state index in [-0.39, 0.29) is 21.7 Å². The van der Waals surface area contributed by atoms with Gasteiger partial charge >= 0.3 is 11.5 Å². The topological polar surface area (TPSA) is 101 Å². The van der Waals surface area contributed by atoms with E-state index < -0.39 is 17.2 Å². The molecule has 0 aliphatic carbocycles. The first-order valence-electron chi connectivity index (χ1n) is 4.96. The number of nitrogens with two attached hydrogens (primary N) is 2. The van der Waals surface area contributed by atoms with Crippen LogP contribution in [0.25, 0.3) is 0 Å². The Kier molecular flexibility index (Phi) is 5.60. The first kappa shape index (κ1) is 16.5. The highest BCUT2D eigenvalue weighted by Gasteiger charge is 2.29. The van der Waals surface area contributed by atoms with E-state index in [1.165, 1.54) is 24.3 Å². The second-order valence-electron chi connectivity index (χ2n) is 3.31. The van der Waals surface area contributed by atoms with Gasteiger partial charge in [0.1, 0.15) is 10.7 Å². The Bertz CT molecular complexity index is 517. The summed E-state index contributed by atoms with van der Waals surface area (Å²) in [5.74, 6) is 3.80. The smallest absolute Gasteiger partial charge is 0.446 e. The van der Waals surface area contributed by atoms with Crippen LogP contribution in [0.2, 0.25) is 0 Å². The molecule has 0 radical (unpaired) electrons. The summed E-state index contributed by atoms with van der Waals surface area (Å²) in [5.41, 5.74) is 2.60. The number of hydrogen-bond donors (Lipinski definition) is 4. The molecule has 0 saturated heterocycles. The summed E-state index contributed by atoms with van der Waals surface area (Å²) in [5, 5.41) is 8.71. The standard InChI is InChI=1S/C10H10F3N3O2S2/c11-10(12,13)20-6-3-1-5(2-4-6)19-8(16-15)7(14)9(17)18/h1-4,16H,14-15H2,(H,17,18)/b8-7+. The predicted octanol–water partition coefficient (Wildman–Crippen LogP) is 2.07. The van der Waals surface area contributed by atoms with Crippen LogP contribution in [0.3, 0.4) is 0 Å². The third-order valence-electron chi connectivity index (χ3n) is 1.88. The summed E-state index contributed by atoms with van der Waals surface area (Å²) in [7, 11) is 0. The maximum absolute atomic E-state index is 12.1. The lowest BCUT2D eigenvalue weighted by atomic mass is 10.4. The van der Waals surface area contributed by atoms with Gasteiger partial charge in [-0.15, -0.1) is 0 Å². The minimum Gasteiger partial charge on any atom is -0.477 e. The van der Waals surface area contributed by atoms with Crippen LogP contribution in [-0.2, 0) is 4.79 Å². The number of alkyl halides is 3. The fourth-order valence-corrected chi connectivity index (χ4v) is 2.39. The number of carbonyl (C=O) groups is 1. The third-order valence-corrected chi connectivity index (χ3v) is 3.67. The summed E-state index contributed by atoms with van der Waals surface area (Å²) < 4.78 is 36.4. The van der Waals surface area contributed by atoms with Crippen molar-refractivity contribution in [2.24, 2.45) is 11.6 Å². The Hall–Kier alpha value is -1.52. The summed E-state index contributed by atoms with van der Waals surface area (Å²) in [4.78, 5) is 11.2. The molecule has 0 bridgehead atoms. The van der Waals surface area contributed by atoms with E-state index in [0.29, 0.717) is 4.90 Å². The third kappa shape index (κ3) is 5.23. The number of rotatable bonds is 5. The molecule has 1 aromatic carbocycles. The number of hydrogen-bond acceptors (Lipinski definition) is 6. The van der Waals surface area contributed by atoms with Gasteiger partial charge in [-0.3, -0.25) is 0 Å². The van der Waals surface area contributed by atoms with Gasteiger partial charge in [-0.05, 0) is 36.0 Å². The molecule has 5 nitrogen and oxygen atoms in total. The summed E-state index contributed by atoms with van der Waals surface area (Å²) in [6.07, 6.45) is 0. The number of thioether (sulfide) groups is 2. The maximum atomic E-state index is 12.1. The number of aliphatic carboxylic acids is 1. The van der Waals surface area contributed by atoms with Gasteiger partial charge in [0, 0.05) is 9.79 Å². The van der Waals surface area contributed by atoms with Gasteiger partial charge in [0.05, 0.1) is 0 Å². The van der Waals surface area contributed by atoms with Gasteiger partial charge < -0.3 is 16.3 Å². The summed E-state index contributed by atoms with van der Waals surface area (Å²) in [6, 6.07) is 5.35. The number of halogens is 3. The van der Waals surface area contributed by atoms with Crippen LogP contribution >= 0.6 is 23.5 Å². The van der Waals surface area contributed by atoms with Crippen molar-refractivity contribution < 1.29 is 23.1 Å². The highest BCUT2D eigenvalue weighted by molar-refractivity contribution is 8.03. The summed E-state index contributed by atoms with van der Waals surface area (Å²) in [6.45, 7) is 0. The quantitative estimate of drug-likeness (QED) is 0.284. The van der Waals surface area contributed by atoms with Gasteiger partial charge in [-0.1, -0.05) is 11.8 Å². The number of hydrazine groups is 1. The predicted molar refractivity (Wildman–Crippen MR) is 70.4 cm³/mol. The Labute approximate surface area is 120 Å². The largest absolute Gasteiger partial charge is 0.477 e. The first-order chi connectivity index (χ1) is 9.23. The van der Waals surface area contributed by atoms with Crippen molar-refractivity contribution in [3.63, 3.8) is 0 Å². The van der Waals surface area contributed by atoms with E-state index in [4.69, 9.17) is 16.7 Å². The molecule has 0 fully saturated rings. The molecule has 110 valence electrons. The Morgan fingerprint density at radius 1 is 1.20 bits per heavy atom. The lowest BCUT2D eigenvalue weighted by Gasteiger charge is -2.09. The van der Waals surface area contributed by atoms with Crippen LogP contribution in [0.4, 0.5) is 13.2 Å². The monoisotopic (exact) mass is 325 g/mol. The van der Waals surface area contributed by atoms with Crippen molar-refractivity contribution in [2.45, 2.75) is 15.3 Å². The van der Waals surface area contributed by atoms with E-state index in [1.54, 1.807) is 0 Å². The molecule has 0 atom stereocenters. The Morgan fingerprint density at radius 2 is 1.70 bits per heavy atom.